The van der Waals surface area contributed by atoms with Gasteiger partial charge in [-0.3, -0.25) is 0 Å². The summed E-state index contributed by atoms with van der Waals surface area (Å²) in [6, 6.07) is 0. The van der Waals surface area contributed by atoms with Crippen molar-refractivity contribution in [2.45, 2.75) is 56.1 Å². The third-order valence-corrected chi connectivity index (χ3v) is 5.31. The number of fused-ring (bicyclic) bond motifs is 2. The molecule has 5 heteroatoms. The van der Waals surface area contributed by atoms with E-state index in [0.29, 0.717) is 24.0 Å². The molecule has 0 aromatic carbocycles. The smallest absolute Gasteiger partial charge is 0.144 e. The number of anilines is 1. The normalized spacial score (nSPS) is 32.8. The molecule has 2 saturated heterocycles. The largest absolute Gasteiger partial charge is 0.374 e. The Hall–Kier alpha value is -0.680. The summed E-state index contributed by atoms with van der Waals surface area (Å²) in [5, 5.41) is 3.19. The van der Waals surface area contributed by atoms with E-state index in [1.165, 1.54) is 31.4 Å². The number of hydrogen-bond donors (Lipinski definition) is 1. The van der Waals surface area contributed by atoms with Crippen molar-refractivity contribution < 1.29 is 4.74 Å². The van der Waals surface area contributed by atoms with Crippen molar-refractivity contribution in [3.8, 4) is 0 Å². The molecule has 3 aliphatic rings. The molecule has 3 atom stereocenters. The lowest BCUT2D eigenvalue weighted by molar-refractivity contribution is 0.0998. The molecule has 1 aromatic rings. The van der Waals surface area contributed by atoms with Gasteiger partial charge in [-0.2, -0.15) is 0 Å². The van der Waals surface area contributed by atoms with Gasteiger partial charge in [0.25, 0.3) is 0 Å². The first-order valence-electron chi connectivity index (χ1n) is 7.16. The highest BCUT2D eigenvalue weighted by molar-refractivity contribution is 9.10. The molecular formula is C14H18BrN3O. The first kappa shape index (κ1) is 12.1. The molecule has 1 saturated carbocycles. The maximum absolute atomic E-state index is 5.95. The van der Waals surface area contributed by atoms with Crippen LogP contribution in [0.4, 0.5) is 5.82 Å². The lowest BCUT2D eigenvalue weighted by Gasteiger charge is -2.19. The number of ether oxygens (including phenoxy) is 1. The van der Waals surface area contributed by atoms with Crippen molar-refractivity contribution in [1.82, 2.24) is 9.97 Å². The van der Waals surface area contributed by atoms with Crippen LogP contribution in [-0.4, -0.2) is 29.2 Å². The second-order valence-corrected chi connectivity index (χ2v) is 6.66. The van der Waals surface area contributed by atoms with Gasteiger partial charge in [0.2, 0.25) is 0 Å². The van der Waals surface area contributed by atoms with Crippen molar-refractivity contribution in [1.29, 1.82) is 0 Å². The highest BCUT2D eigenvalue weighted by atomic mass is 79.9. The molecule has 1 aromatic heterocycles. The molecule has 0 spiro atoms. The lowest BCUT2D eigenvalue weighted by Crippen LogP contribution is -2.18. The number of halogens is 1. The summed E-state index contributed by atoms with van der Waals surface area (Å²) in [4.78, 5) is 9.58. The van der Waals surface area contributed by atoms with Crippen LogP contribution in [0, 0.1) is 0 Å². The summed E-state index contributed by atoms with van der Waals surface area (Å²) in [5.41, 5.74) is 1.19. The maximum Gasteiger partial charge on any atom is 0.144 e. The van der Waals surface area contributed by atoms with E-state index in [-0.39, 0.29) is 0 Å². The van der Waals surface area contributed by atoms with Crippen LogP contribution in [-0.2, 0) is 4.74 Å². The molecular weight excluding hydrogens is 306 g/mol. The Balaban J connectivity index is 1.73. The Morgan fingerprint density at radius 3 is 2.63 bits per heavy atom. The Morgan fingerprint density at radius 2 is 2.05 bits per heavy atom. The van der Waals surface area contributed by atoms with E-state index in [2.05, 4.69) is 21.2 Å². The lowest BCUT2D eigenvalue weighted by atomic mass is 9.88. The highest BCUT2D eigenvalue weighted by Crippen LogP contribution is 2.47. The van der Waals surface area contributed by atoms with Crippen LogP contribution in [0.15, 0.2) is 4.47 Å². The molecule has 102 valence electrons. The van der Waals surface area contributed by atoms with Gasteiger partial charge in [0.15, 0.2) is 0 Å². The van der Waals surface area contributed by atoms with E-state index in [0.717, 1.165) is 22.5 Å². The summed E-state index contributed by atoms with van der Waals surface area (Å²) in [6.07, 6.45) is 6.79. The molecule has 1 N–H and O–H groups in total. The second kappa shape index (κ2) is 4.42. The monoisotopic (exact) mass is 323 g/mol. The fraction of sp³-hybridized carbons (Fsp3) is 0.714. The summed E-state index contributed by atoms with van der Waals surface area (Å²) in [7, 11) is 1.92. The second-order valence-electron chi connectivity index (χ2n) is 5.87. The van der Waals surface area contributed by atoms with Gasteiger partial charge in [-0.1, -0.05) is 0 Å². The average molecular weight is 324 g/mol. The predicted molar refractivity (Wildman–Crippen MR) is 76.5 cm³/mol. The molecule has 19 heavy (non-hydrogen) atoms. The van der Waals surface area contributed by atoms with Crippen molar-refractivity contribution >= 4 is 21.7 Å². The summed E-state index contributed by atoms with van der Waals surface area (Å²) in [6.45, 7) is 0. The molecule has 1 aliphatic carbocycles. The zero-order chi connectivity index (χ0) is 13.0. The highest BCUT2D eigenvalue weighted by Gasteiger charge is 2.43. The van der Waals surface area contributed by atoms with Gasteiger partial charge in [-0.15, -0.1) is 0 Å². The quantitative estimate of drug-likeness (QED) is 0.928. The Morgan fingerprint density at radius 1 is 1.21 bits per heavy atom. The van der Waals surface area contributed by atoms with E-state index in [9.17, 15) is 0 Å². The number of hydrogen-bond acceptors (Lipinski definition) is 4. The van der Waals surface area contributed by atoms with E-state index in [4.69, 9.17) is 14.7 Å². The van der Waals surface area contributed by atoms with Gasteiger partial charge in [0.05, 0.1) is 22.4 Å². The van der Waals surface area contributed by atoms with Crippen LogP contribution in [0.1, 0.15) is 55.5 Å². The Bertz CT molecular complexity index is 518. The minimum absolute atomic E-state index is 0.350. The first-order chi connectivity index (χ1) is 9.26. The first-order valence-corrected chi connectivity index (χ1v) is 7.96. The topological polar surface area (TPSA) is 47.0 Å². The Labute approximate surface area is 121 Å². The van der Waals surface area contributed by atoms with E-state index in [1.807, 2.05) is 7.05 Å². The SMILES string of the molecule is CNc1nc(C2CC3CCC2O3)nc(C2CC2)c1Br. The van der Waals surface area contributed by atoms with Crippen LogP contribution < -0.4 is 5.32 Å². The number of nitrogens with one attached hydrogen (secondary N) is 1. The third-order valence-electron chi connectivity index (χ3n) is 4.53. The standard InChI is InChI=1S/C14H18BrN3O/c1-16-14-11(15)12(7-2-3-7)17-13(18-14)9-6-8-4-5-10(9)19-8/h7-10H,2-6H2,1H3,(H,16,17,18). The molecule has 0 radical (unpaired) electrons. The molecule has 4 nitrogen and oxygen atoms in total. The summed E-state index contributed by atoms with van der Waals surface area (Å²) < 4.78 is 6.99. The van der Waals surface area contributed by atoms with Crippen LogP contribution >= 0.6 is 15.9 Å². The Kier molecular flexibility index (Phi) is 2.81. The molecule has 4 rings (SSSR count). The van der Waals surface area contributed by atoms with Gasteiger partial charge in [0, 0.05) is 18.9 Å². The van der Waals surface area contributed by atoms with Crippen molar-refractivity contribution in [3.05, 3.63) is 16.0 Å². The van der Waals surface area contributed by atoms with E-state index >= 15 is 0 Å². The summed E-state index contributed by atoms with van der Waals surface area (Å²) in [5.74, 6) is 2.94. The molecule has 3 unspecified atom stereocenters. The van der Waals surface area contributed by atoms with E-state index < -0.39 is 0 Å². The zero-order valence-corrected chi connectivity index (χ0v) is 12.6. The molecule has 2 bridgehead atoms. The van der Waals surface area contributed by atoms with Crippen LogP contribution in [0.2, 0.25) is 0 Å². The fourth-order valence-corrected chi connectivity index (χ4v) is 4.05. The van der Waals surface area contributed by atoms with Crippen LogP contribution in [0.5, 0.6) is 0 Å². The summed E-state index contributed by atoms with van der Waals surface area (Å²) >= 11 is 3.65. The number of rotatable bonds is 3. The van der Waals surface area contributed by atoms with Crippen LogP contribution in [0.3, 0.4) is 0 Å². The fourth-order valence-electron chi connectivity index (χ4n) is 3.35. The molecule has 0 amide bonds. The number of aromatic nitrogens is 2. The van der Waals surface area contributed by atoms with E-state index in [1.54, 1.807) is 0 Å². The molecule has 3 heterocycles. The zero-order valence-electron chi connectivity index (χ0n) is 11.0. The van der Waals surface area contributed by atoms with Crippen molar-refractivity contribution in [3.63, 3.8) is 0 Å². The number of nitrogens with zero attached hydrogens (tertiary/aromatic N) is 2. The molecule has 3 fully saturated rings. The van der Waals surface area contributed by atoms with Crippen LogP contribution in [0.25, 0.3) is 0 Å². The van der Waals surface area contributed by atoms with Gasteiger partial charge in [-0.25, -0.2) is 9.97 Å². The van der Waals surface area contributed by atoms with Crippen molar-refractivity contribution in [2.75, 3.05) is 12.4 Å². The van der Waals surface area contributed by atoms with Crippen molar-refractivity contribution in [2.24, 2.45) is 0 Å². The van der Waals surface area contributed by atoms with Gasteiger partial charge in [0.1, 0.15) is 11.6 Å². The average Bonchev–Trinajstić information content (AvgIpc) is 3.05. The maximum atomic E-state index is 5.95. The molecule has 2 aliphatic heterocycles. The predicted octanol–water partition coefficient (Wildman–Crippen LogP) is 3.19. The van der Waals surface area contributed by atoms with Gasteiger partial charge < -0.3 is 10.1 Å². The minimum atomic E-state index is 0.350. The minimum Gasteiger partial charge on any atom is -0.374 e. The van der Waals surface area contributed by atoms with Gasteiger partial charge in [-0.05, 0) is 48.0 Å². The van der Waals surface area contributed by atoms with Gasteiger partial charge >= 0.3 is 0 Å². The third kappa shape index (κ3) is 1.98.